The van der Waals surface area contributed by atoms with Crippen LogP contribution in [0.1, 0.15) is 0 Å². The Bertz CT molecular complexity index is 378. The summed E-state index contributed by atoms with van der Waals surface area (Å²) in [4.78, 5) is 39.0. The number of methoxy groups -OCH3 is 2. The van der Waals surface area contributed by atoms with Crippen molar-refractivity contribution < 1.29 is 28.7 Å². The van der Waals surface area contributed by atoms with Gasteiger partial charge in [-0.25, -0.2) is 4.79 Å². The maximum absolute atomic E-state index is 11.5. The molecule has 2 atom stereocenters. The van der Waals surface area contributed by atoms with Crippen LogP contribution < -0.4 is 5.32 Å². The number of nitrogens with one attached hydrogen (secondary N) is 1. The predicted molar refractivity (Wildman–Crippen MR) is 53.9 cm³/mol. The summed E-state index contributed by atoms with van der Waals surface area (Å²) in [5.74, 6) is -3.43. The van der Waals surface area contributed by atoms with Gasteiger partial charge in [0.15, 0.2) is 11.6 Å². The molecular formula is C9H12N2O6. The van der Waals surface area contributed by atoms with E-state index >= 15 is 0 Å². The van der Waals surface area contributed by atoms with Crippen molar-refractivity contribution >= 4 is 23.6 Å². The van der Waals surface area contributed by atoms with E-state index in [1.807, 2.05) is 0 Å². The van der Waals surface area contributed by atoms with Gasteiger partial charge in [-0.1, -0.05) is 5.16 Å². The van der Waals surface area contributed by atoms with E-state index in [2.05, 4.69) is 19.9 Å². The molecule has 1 aliphatic rings. The van der Waals surface area contributed by atoms with Crippen molar-refractivity contribution in [1.29, 1.82) is 0 Å². The molecule has 8 nitrogen and oxygen atoms in total. The van der Waals surface area contributed by atoms with E-state index in [-0.39, 0.29) is 5.71 Å². The molecule has 0 fully saturated rings. The maximum atomic E-state index is 11.5. The largest absolute Gasteiger partial charge is 0.468 e. The van der Waals surface area contributed by atoms with Crippen molar-refractivity contribution in [2.24, 2.45) is 11.1 Å². The predicted octanol–water partition coefficient (Wildman–Crippen LogP) is -1.55. The molecule has 0 saturated heterocycles. The summed E-state index contributed by atoms with van der Waals surface area (Å²) in [6, 6.07) is 0. The number of hydrogen-bond donors (Lipinski definition) is 1. The van der Waals surface area contributed by atoms with Gasteiger partial charge in [-0.3, -0.25) is 9.59 Å². The van der Waals surface area contributed by atoms with Crippen LogP contribution in [-0.4, -0.2) is 50.9 Å². The quantitative estimate of drug-likeness (QED) is 0.603. The molecule has 1 N–H and O–H groups in total. The van der Waals surface area contributed by atoms with Gasteiger partial charge in [-0.2, -0.15) is 0 Å². The fourth-order valence-electron chi connectivity index (χ4n) is 1.34. The zero-order chi connectivity index (χ0) is 13.0. The minimum Gasteiger partial charge on any atom is -0.468 e. The number of rotatable bonds is 3. The number of ether oxygens (including phenoxy) is 2. The highest BCUT2D eigenvalue weighted by atomic mass is 16.7. The molecule has 0 aliphatic carbocycles. The third-order valence-electron chi connectivity index (χ3n) is 2.21. The Kier molecular flexibility index (Phi) is 4.02. The van der Waals surface area contributed by atoms with Crippen LogP contribution >= 0.6 is 0 Å². The summed E-state index contributed by atoms with van der Waals surface area (Å²) >= 11 is 0. The second kappa shape index (κ2) is 5.28. The fraction of sp³-hybridized carbons (Fsp3) is 0.556. The van der Waals surface area contributed by atoms with E-state index in [0.29, 0.717) is 0 Å². The lowest BCUT2D eigenvalue weighted by Gasteiger charge is -2.13. The Morgan fingerprint density at radius 2 is 1.82 bits per heavy atom. The SMILES string of the molecule is CNC(=O)C1=NOC(C(=O)OC)C1C(=O)OC. The van der Waals surface area contributed by atoms with Crippen LogP contribution in [0.4, 0.5) is 0 Å². The zero-order valence-corrected chi connectivity index (χ0v) is 9.55. The Hall–Kier alpha value is -2.12. The lowest BCUT2D eigenvalue weighted by molar-refractivity contribution is -0.161. The van der Waals surface area contributed by atoms with Crippen LogP contribution in [0.3, 0.4) is 0 Å². The van der Waals surface area contributed by atoms with Crippen LogP contribution in [0.15, 0.2) is 5.16 Å². The first kappa shape index (κ1) is 12.9. The summed E-state index contributed by atoms with van der Waals surface area (Å²) in [7, 11) is 3.64. The van der Waals surface area contributed by atoms with Crippen molar-refractivity contribution in [3.8, 4) is 0 Å². The number of oxime groups is 1. The first-order valence-electron chi connectivity index (χ1n) is 4.68. The normalized spacial score (nSPS) is 22.2. The standard InChI is InChI=1S/C9H12N2O6/c1-10-7(12)5-4(8(13)15-2)6(17-11-5)9(14)16-3/h4,6H,1-3H3,(H,10,12). The summed E-state index contributed by atoms with van der Waals surface area (Å²) in [5.41, 5.74) is -0.213. The van der Waals surface area contributed by atoms with E-state index in [1.54, 1.807) is 0 Å². The van der Waals surface area contributed by atoms with Crippen molar-refractivity contribution in [3.63, 3.8) is 0 Å². The highest BCUT2D eigenvalue weighted by molar-refractivity contribution is 6.43. The minimum atomic E-state index is -1.29. The van der Waals surface area contributed by atoms with Gasteiger partial charge in [0.1, 0.15) is 0 Å². The molecule has 17 heavy (non-hydrogen) atoms. The maximum Gasteiger partial charge on any atom is 0.351 e. The van der Waals surface area contributed by atoms with Gasteiger partial charge in [0.2, 0.25) is 6.10 Å². The van der Waals surface area contributed by atoms with E-state index in [0.717, 1.165) is 14.2 Å². The Morgan fingerprint density at radius 1 is 1.24 bits per heavy atom. The average molecular weight is 244 g/mol. The van der Waals surface area contributed by atoms with Gasteiger partial charge in [0.05, 0.1) is 14.2 Å². The second-order valence-corrected chi connectivity index (χ2v) is 3.11. The minimum absolute atomic E-state index is 0.213. The molecule has 1 rings (SSSR count). The topological polar surface area (TPSA) is 103 Å². The number of hydrogen-bond acceptors (Lipinski definition) is 7. The van der Waals surface area contributed by atoms with Gasteiger partial charge in [0, 0.05) is 7.05 Å². The lowest BCUT2D eigenvalue weighted by atomic mass is 9.97. The van der Waals surface area contributed by atoms with Gasteiger partial charge < -0.3 is 19.6 Å². The first-order valence-corrected chi connectivity index (χ1v) is 4.68. The highest BCUT2D eigenvalue weighted by Gasteiger charge is 2.48. The number of nitrogens with zero attached hydrogens (tertiary/aromatic N) is 1. The van der Waals surface area contributed by atoms with E-state index in [4.69, 9.17) is 4.84 Å². The summed E-state index contributed by atoms with van der Waals surface area (Å²) in [5, 5.41) is 5.69. The molecule has 2 unspecified atom stereocenters. The third-order valence-corrected chi connectivity index (χ3v) is 2.21. The van der Waals surface area contributed by atoms with Crippen LogP contribution in [-0.2, 0) is 28.7 Å². The lowest BCUT2D eigenvalue weighted by Crippen LogP contribution is -2.43. The van der Waals surface area contributed by atoms with Crippen LogP contribution in [0, 0.1) is 5.92 Å². The number of carbonyl (C=O) groups is 3. The molecule has 0 radical (unpaired) electrons. The van der Waals surface area contributed by atoms with Gasteiger partial charge in [-0.15, -0.1) is 0 Å². The van der Waals surface area contributed by atoms with Crippen LogP contribution in [0.25, 0.3) is 0 Å². The highest BCUT2D eigenvalue weighted by Crippen LogP contribution is 2.21. The Balaban J connectivity index is 2.98. The fourth-order valence-corrected chi connectivity index (χ4v) is 1.34. The van der Waals surface area contributed by atoms with Crippen molar-refractivity contribution in [3.05, 3.63) is 0 Å². The van der Waals surface area contributed by atoms with Gasteiger partial charge in [0.25, 0.3) is 5.91 Å². The average Bonchev–Trinajstić information content (AvgIpc) is 2.80. The Morgan fingerprint density at radius 3 is 2.29 bits per heavy atom. The van der Waals surface area contributed by atoms with Crippen LogP contribution in [0.5, 0.6) is 0 Å². The van der Waals surface area contributed by atoms with Crippen molar-refractivity contribution in [2.75, 3.05) is 21.3 Å². The number of esters is 2. The smallest absolute Gasteiger partial charge is 0.351 e. The van der Waals surface area contributed by atoms with E-state index in [9.17, 15) is 14.4 Å². The first-order chi connectivity index (χ1) is 8.06. The molecule has 0 aromatic rings. The van der Waals surface area contributed by atoms with Crippen molar-refractivity contribution in [1.82, 2.24) is 5.32 Å². The molecule has 94 valence electrons. The molecule has 1 amide bonds. The number of amides is 1. The second-order valence-electron chi connectivity index (χ2n) is 3.11. The molecule has 0 bridgehead atoms. The summed E-state index contributed by atoms with van der Waals surface area (Å²) in [6.45, 7) is 0. The monoisotopic (exact) mass is 244 g/mol. The van der Waals surface area contributed by atoms with E-state index in [1.165, 1.54) is 7.05 Å². The molecule has 0 aromatic heterocycles. The summed E-state index contributed by atoms with van der Waals surface area (Å²) in [6.07, 6.45) is -1.29. The zero-order valence-electron chi connectivity index (χ0n) is 9.55. The van der Waals surface area contributed by atoms with Crippen LogP contribution in [0.2, 0.25) is 0 Å². The van der Waals surface area contributed by atoms with Gasteiger partial charge >= 0.3 is 11.9 Å². The van der Waals surface area contributed by atoms with Crippen molar-refractivity contribution in [2.45, 2.75) is 6.10 Å². The molecule has 1 heterocycles. The molecule has 1 aliphatic heterocycles. The van der Waals surface area contributed by atoms with E-state index < -0.39 is 29.9 Å². The molecular weight excluding hydrogens is 232 g/mol. The number of carbonyl (C=O) groups excluding carboxylic acids is 3. The Labute approximate surface area is 96.9 Å². The molecule has 0 aromatic carbocycles. The van der Waals surface area contributed by atoms with Gasteiger partial charge in [-0.05, 0) is 0 Å². The molecule has 0 saturated carbocycles. The third kappa shape index (κ3) is 2.35. The molecule has 8 heteroatoms. The summed E-state index contributed by atoms with van der Waals surface area (Å²) < 4.78 is 8.94. The molecule has 0 spiro atoms.